The summed E-state index contributed by atoms with van der Waals surface area (Å²) >= 11 is 10.8. The predicted molar refractivity (Wildman–Crippen MR) is 328 cm³/mol. The van der Waals surface area contributed by atoms with Gasteiger partial charge in [-0.05, 0) is 60.1 Å². The number of H-pyrrole nitrogens is 1. The highest BCUT2D eigenvalue weighted by Crippen LogP contribution is 2.59. The van der Waals surface area contributed by atoms with Crippen molar-refractivity contribution in [2.75, 3.05) is 64.2 Å². The number of amides is 7. The van der Waals surface area contributed by atoms with Gasteiger partial charge in [0.05, 0.1) is 57.2 Å². The number of imide groups is 1. The zero-order valence-corrected chi connectivity index (χ0v) is 54.2. The number of esters is 1. The van der Waals surface area contributed by atoms with Crippen LogP contribution in [0.3, 0.4) is 0 Å². The third-order valence-electron chi connectivity index (χ3n) is 16.2. The Morgan fingerprint density at radius 2 is 1.67 bits per heavy atom. The first kappa shape index (κ1) is 69.4. The quantitative estimate of drug-likeness (QED) is 0.0195. The first-order chi connectivity index (χ1) is 44.6. The molecule has 4 bridgehead atoms. The zero-order chi connectivity index (χ0) is 67.6. The number of ketones is 1. The van der Waals surface area contributed by atoms with Gasteiger partial charge in [-0.15, -0.1) is 0 Å². The molecule has 0 radical (unpaired) electrons. The molecule has 5 aliphatic rings. The Morgan fingerprint density at radius 3 is 2.38 bits per heavy atom. The van der Waals surface area contributed by atoms with Gasteiger partial charge in [-0.25, -0.2) is 33.9 Å². The van der Waals surface area contributed by atoms with Crippen LogP contribution in [0.15, 0.2) is 48.0 Å². The number of anilines is 2. The lowest BCUT2D eigenvalue weighted by Gasteiger charge is -2.33. The van der Waals surface area contributed by atoms with Crippen LogP contribution in [0.4, 0.5) is 25.6 Å². The molecule has 94 heavy (non-hydrogen) atoms. The number of nitrogen functional groups attached to an aromatic ring is 1. The number of likely N-dealkylation sites (N-methyl/N-ethyl adjacent to an activating group) is 1. The summed E-state index contributed by atoms with van der Waals surface area (Å²) < 4.78 is 71.9. The third kappa shape index (κ3) is 15.8. The van der Waals surface area contributed by atoms with Crippen LogP contribution in [-0.4, -0.2) is 201 Å². The Morgan fingerprint density at radius 1 is 0.947 bits per heavy atom. The average Bonchev–Trinajstić information content (AvgIpc) is 1.56. The third-order valence-corrected chi connectivity index (χ3v) is 19.2. The molecule has 10 rings (SSSR count). The number of carbonyl (C=O) groups excluding carboxylic acids is 8. The van der Waals surface area contributed by atoms with Gasteiger partial charge < -0.3 is 74.8 Å². The smallest absolute Gasteiger partial charge is 0.409 e. The molecule has 3 unspecified atom stereocenters. The molecule has 7 amide bonds. The van der Waals surface area contributed by atoms with Crippen LogP contribution in [0.25, 0.3) is 22.3 Å². The van der Waals surface area contributed by atoms with Crippen molar-refractivity contribution in [2.24, 2.45) is 23.5 Å². The fourth-order valence-electron chi connectivity index (χ4n) is 11.3. The Bertz CT molecular complexity index is 3910. The molecular formula is C54H68FN15O20P2S2. The van der Waals surface area contributed by atoms with Gasteiger partial charge in [-0.3, -0.25) is 61.6 Å². The lowest BCUT2D eigenvalue weighted by Crippen LogP contribution is -2.46. The van der Waals surface area contributed by atoms with Crippen molar-refractivity contribution < 1.29 is 94.3 Å². The summed E-state index contributed by atoms with van der Waals surface area (Å²) in [6, 6.07) is 4.61. The van der Waals surface area contributed by atoms with Crippen LogP contribution in [-0.2, 0) is 107 Å². The number of urea groups is 1. The van der Waals surface area contributed by atoms with Crippen LogP contribution in [0.2, 0.25) is 0 Å². The summed E-state index contributed by atoms with van der Waals surface area (Å²) in [6.07, 6.45) is -7.85. The summed E-state index contributed by atoms with van der Waals surface area (Å²) in [5.74, 6) is -4.99. The number of hydrogen-bond acceptors (Lipinski definition) is 26. The molecule has 10 N–H and O–H groups in total. The maximum absolute atomic E-state index is 16.3. The second kappa shape index (κ2) is 28.9. The van der Waals surface area contributed by atoms with Gasteiger partial charge in [0, 0.05) is 56.9 Å². The first-order valence-electron chi connectivity index (χ1n) is 29.5. The normalized spacial score (nSPS) is 27.5. The van der Waals surface area contributed by atoms with Crippen LogP contribution < -0.4 is 33.0 Å². The van der Waals surface area contributed by atoms with Crippen molar-refractivity contribution in [3.05, 3.63) is 64.9 Å². The number of fused-ring (bicyclic) bond motifs is 4. The van der Waals surface area contributed by atoms with Crippen molar-refractivity contribution >= 4 is 119 Å². The lowest BCUT2D eigenvalue weighted by atomic mass is 9.89. The molecule has 0 saturated carbocycles. The van der Waals surface area contributed by atoms with E-state index < -0.39 is 141 Å². The minimum absolute atomic E-state index is 0.0642. The molecule has 40 heteroatoms. The minimum atomic E-state index is -4.47. The first-order valence-corrected chi connectivity index (χ1v) is 34.7. The number of rotatable bonds is 23. The lowest BCUT2D eigenvalue weighted by molar-refractivity contribution is -0.183. The van der Waals surface area contributed by atoms with Gasteiger partial charge in [0.1, 0.15) is 55.1 Å². The molecular weight excluding hydrogens is 1320 g/mol. The number of ether oxygens (including phenoxy) is 5. The number of carbonyl (C=O) groups is 8. The SMILES string of the molecule is CC1CC(=O)N(CCC(=O)N[C@H](C(=O)C[C@@H](CCCNC(N)=O)C(=O)Nc2ccc(COC(=O)N(C)CCOC(=O)Cc3ncnc4c3ncn4[C@@H]3O[C@@]45CO[C@@H]3[C@@H]4OP(O)(=S)OC[C@H]3O[C@@H](n4cnc6c(=O)[nH]c(N)nc64)[C@H](OP(O)(=S)OC5)[C@@H]3F)cc2)C(C)C)C1=O. The highest BCUT2D eigenvalue weighted by molar-refractivity contribution is 8.07. The summed E-state index contributed by atoms with van der Waals surface area (Å²) in [4.78, 5) is 164. The van der Waals surface area contributed by atoms with Gasteiger partial charge in [-0.1, -0.05) is 32.9 Å². The van der Waals surface area contributed by atoms with Crippen LogP contribution in [0, 0.1) is 17.8 Å². The van der Waals surface area contributed by atoms with E-state index in [9.17, 15) is 52.9 Å². The molecule has 5 saturated heterocycles. The number of nitrogens with two attached hydrogens (primary N) is 2. The number of aromatic amines is 1. The molecule has 35 nitrogen and oxygen atoms in total. The number of alkyl halides is 1. The van der Waals surface area contributed by atoms with E-state index >= 15 is 4.39 Å². The number of nitrogens with one attached hydrogen (secondary N) is 4. The molecule has 13 atom stereocenters. The van der Waals surface area contributed by atoms with Gasteiger partial charge >= 0.3 is 31.5 Å². The minimum Gasteiger partial charge on any atom is -0.463 e. The van der Waals surface area contributed by atoms with Crippen molar-refractivity contribution in [3.8, 4) is 0 Å². The van der Waals surface area contributed by atoms with E-state index in [1.807, 2.05) is 0 Å². The fourth-order valence-corrected chi connectivity index (χ4v) is 14.2. The van der Waals surface area contributed by atoms with E-state index in [0.717, 1.165) is 15.8 Å². The second-order valence-electron chi connectivity index (χ2n) is 23.3. The maximum Gasteiger partial charge on any atom is 0.409 e. The molecule has 0 spiro atoms. The summed E-state index contributed by atoms with van der Waals surface area (Å²) in [5, 5.41) is 7.96. The Kier molecular flexibility index (Phi) is 21.3. The van der Waals surface area contributed by atoms with E-state index in [4.69, 9.17) is 76.9 Å². The average molecular weight is 1390 g/mol. The number of hydrogen-bond donors (Lipinski definition) is 8. The largest absolute Gasteiger partial charge is 0.463 e. The fraction of sp³-hybridized carbons (Fsp3) is 0.556. The number of halogens is 1. The van der Waals surface area contributed by atoms with Gasteiger partial charge in [0.15, 0.2) is 41.2 Å². The van der Waals surface area contributed by atoms with Crippen molar-refractivity contribution in [2.45, 2.75) is 121 Å². The van der Waals surface area contributed by atoms with Gasteiger partial charge in [0.25, 0.3) is 5.56 Å². The number of aromatic nitrogens is 8. The Balaban J connectivity index is 0.702. The highest BCUT2D eigenvalue weighted by Gasteiger charge is 2.65. The zero-order valence-electron chi connectivity index (χ0n) is 50.8. The topological polar surface area (TPSA) is 462 Å². The number of primary amides is 1. The number of likely N-dealkylation sites (tertiary alicyclic amines) is 1. The van der Waals surface area contributed by atoms with E-state index in [1.165, 1.54) is 29.2 Å². The van der Waals surface area contributed by atoms with E-state index in [0.29, 0.717) is 11.3 Å². The van der Waals surface area contributed by atoms with Gasteiger partial charge in [-0.2, -0.15) is 4.98 Å². The Labute approximate surface area is 543 Å². The molecule has 5 aromatic rings. The van der Waals surface area contributed by atoms with Crippen molar-refractivity contribution in [1.82, 2.24) is 59.5 Å². The monoisotopic (exact) mass is 1390 g/mol. The Hall–Kier alpha value is -7.45. The summed E-state index contributed by atoms with van der Waals surface area (Å²) in [7, 11) is 1.43. The molecule has 5 fully saturated rings. The number of benzene rings is 1. The standard InChI is InChI=1S/C54H68FN15O20P2S2/c1-26(2)38(64-34(72)11-13-68-35(73)16-27(3)48(68)77)32(71)17-29(6-5-12-58-52(57)78)46(75)63-30-9-7-28(8-10-30)19-83-53(79)67(4)14-15-82-36(74)18-31-39-44(60-23-59-31)69(24-61-39)50-42-43-54(88-50,21-84-42)22-86-92(81,94)89-41-37(55)33(20-85-91(80,93)90-43)87-49(41)70-25-62-40-45(70)65-51(56)66-47(40)76/h7-10,23-27,29,33,37-38,41-43,49-50H,5-6,11-22H2,1-4H3,(H,63,75)(H,64,72)(H,80,93)(H,81,94)(H3,57,58,78)(H3,56,65,66,76)/t27?,29-,33-,37-,38+,41-,42-,43+,49-,50-,54-,91?,92?/m1/s1. The van der Waals surface area contributed by atoms with E-state index in [2.05, 4.69) is 45.9 Å². The highest BCUT2D eigenvalue weighted by atomic mass is 32.5. The number of nitrogens with zero attached hydrogens (tertiary/aromatic N) is 9. The number of Topliss-reactive ketones (excluding diaryl/α,β-unsaturated/α-hetero) is 1. The predicted octanol–water partition coefficient (Wildman–Crippen LogP) is 0.937. The molecule has 508 valence electrons. The molecule has 0 aliphatic carbocycles. The van der Waals surface area contributed by atoms with Gasteiger partial charge in [0.2, 0.25) is 29.6 Å². The van der Waals surface area contributed by atoms with E-state index in [-0.39, 0.29) is 123 Å². The van der Waals surface area contributed by atoms with Crippen molar-refractivity contribution in [3.63, 3.8) is 0 Å². The summed E-state index contributed by atoms with van der Waals surface area (Å²) in [6.45, 7) is -5.81. The summed E-state index contributed by atoms with van der Waals surface area (Å²) in [5.41, 5.74) is 9.68. The second-order valence-corrected chi connectivity index (χ2v) is 28.8. The molecule has 4 aromatic heterocycles. The van der Waals surface area contributed by atoms with Crippen LogP contribution >= 0.6 is 13.4 Å². The van der Waals surface area contributed by atoms with Crippen LogP contribution in [0.1, 0.15) is 76.6 Å². The number of imidazole rings is 2. The van der Waals surface area contributed by atoms with Crippen molar-refractivity contribution in [1.29, 1.82) is 0 Å². The maximum atomic E-state index is 16.3. The molecule has 1 aromatic carbocycles. The molecule has 5 aliphatic heterocycles. The van der Waals surface area contributed by atoms with E-state index in [1.54, 1.807) is 45.0 Å². The van der Waals surface area contributed by atoms with Crippen LogP contribution in [0.5, 0.6) is 0 Å². The molecule has 9 heterocycles.